The number of nitrogens with two attached hydrogens (primary N) is 1. The van der Waals surface area contributed by atoms with Crippen LogP contribution in [0.15, 0.2) is 24.4 Å². The van der Waals surface area contributed by atoms with Gasteiger partial charge >= 0.3 is 5.97 Å². The highest BCUT2D eigenvalue weighted by molar-refractivity contribution is 7.17. The van der Waals surface area contributed by atoms with Gasteiger partial charge in [-0.3, -0.25) is 0 Å². The maximum atomic E-state index is 11.2. The number of aryl methyl sites for hydroxylation is 2. The van der Waals surface area contributed by atoms with Crippen LogP contribution in [-0.2, 0) is 6.54 Å². The maximum Gasteiger partial charge on any atom is 0.347 e. The van der Waals surface area contributed by atoms with Crippen LogP contribution < -0.4 is 5.73 Å². The number of carboxylic acid groups (broad SMARTS) is 1. The number of rotatable bonds is 5. The molecule has 3 rings (SSSR count). The van der Waals surface area contributed by atoms with Crippen molar-refractivity contribution in [1.82, 2.24) is 9.55 Å². The van der Waals surface area contributed by atoms with Gasteiger partial charge in [-0.1, -0.05) is 13.3 Å². The van der Waals surface area contributed by atoms with Crippen molar-refractivity contribution < 1.29 is 9.90 Å². The average molecular weight is 329 g/mol. The molecule has 0 aliphatic rings. The summed E-state index contributed by atoms with van der Waals surface area (Å²) in [7, 11) is 0. The van der Waals surface area contributed by atoms with Crippen LogP contribution in [0.25, 0.3) is 21.5 Å². The first kappa shape index (κ1) is 15.6. The molecule has 2 heterocycles. The minimum atomic E-state index is -0.933. The highest BCUT2D eigenvalue weighted by Gasteiger charge is 2.16. The van der Waals surface area contributed by atoms with Crippen LogP contribution in [0.3, 0.4) is 0 Å². The number of anilines is 1. The van der Waals surface area contributed by atoms with Gasteiger partial charge in [0.15, 0.2) is 0 Å². The van der Waals surface area contributed by atoms with E-state index in [1.807, 2.05) is 24.4 Å². The van der Waals surface area contributed by atoms with Crippen LogP contribution in [0, 0.1) is 6.92 Å². The van der Waals surface area contributed by atoms with Crippen molar-refractivity contribution in [1.29, 1.82) is 0 Å². The number of fused-ring (bicyclic) bond motifs is 1. The number of nitrogens with zero attached hydrogens (tertiary/aromatic N) is 2. The largest absolute Gasteiger partial charge is 0.477 e. The van der Waals surface area contributed by atoms with Gasteiger partial charge < -0.3 is 15.4 Å². The summed E-state index contributed by atoms with van der Waals surface area (Å²) in [5.41, 5.74) is 9.44. The zero-order valence-corrected chi connectivity index (χ0v) is 14.0. The Morgan fingerprint density at radius 1 is 1.43 bits per heavy atom. The molecule has 0 aliphatic carbocycles. The number of aromatic carboxylic acids is 1. The van der Waals surface area contributed by atoms with Crippen LogP contribution in [0.5, 0.6) is 0 Å². The molecule has 5 nitrogen and oxygen atoms in total. The third kappa shape index (κ3) is 2.82. The molecule has 2 aromatic heterocycles. The van der Waals surface area contributed by atoms with E-state index >= 15 is 0 Å². The number of thiazole rings is 1. The maximum absolute atomic E-state index is 11.2. The highest BCUT2D eigenvalue weighted by atomic mass is 32.1. The number of nitrogen functional groups attached to an aromatic ring is 1. The van der Waals surface area contributed by atoms with Gasteiger partial charge in [0.25, 0.3) is 0 Å². The molecule has 0 atom stereocenters. The number of hydrogen-bond donors (Lipinski definition) is 2. The van der Waals surface area contributed by atoms with Gasteiger partial charge in [-0.25, -0.2) is 9.78 Å². The average Bonchev–Trinajstić information content (AvgIpc) is 3.06. The monoisotopic (exact) mass is 329 g/mol. The number of benzene rings is 1. The van der Waals surface area contributed by atoms with E-state index in [0.717, 1.165) is 41.5 Å². The normalized spacial score (nSPS) is 11.2. The fraction of sp³-hybridized carbons (Fsp3) is 0.294. The highest BCUT2D eigenvalue weighted by Crippen LogP contribution is 2.32. The van der Waals surface area contributed by atoms with E-state index in [1.165, 1.54) is 11.3 Å². The Morgan fingerprint density at radius 2 is 2.22 bits per heavy atom. The molecule has 3 N–H and O–H groups in total. The predicted octanol–water partition coefficient (Wildman–Crippen LogP) is 4.15. The molecule has 0 saturated carbocycles. The standard InChI is InChI=1S/C17H19N3O2S/c1-3-4-7-20-9-13(18)12-8-11(5-6-14(12)20)16-19-10(2)15(23-16)17(21)22/h5-6,8-9H,3-4,7,18H2,1-2H3,(H,21,22). The Balaban J connectivity index is 2.05. The first-order valence-electron chi connectivity index (χ1n) is 7.60. The smallest absolute Gasteiger partial charge is 0.347 e. The lowest BCUT2D eigenvalue weighted by Crippen LogP contribution is -1.95. The third-order valence-electron chi connectivity index (χ3n) is 3.90. The second-order valence-corrected chi connectivity index (χ2v) is 6.60. The first-order chi connectivity index (χ1) is 11.0. The van der Waals surface area contributed by atoms with E-state index in [0.29, 0.717) is 10.7 Å². The molecule has 1 aromatic carbocycles. The molecular formula is C17H19N3O2S. The van der Waals surface area contributed by atoms with Crippen molar-refractivity contribution in [3.05, 3.63) is 35.0 Å². The van der Waals surface area contributed by atoms with E-state index < -0.39 is 5.97 Å². The molecule has 3 aromatic rings. The quantitative estimate of drug-likeness (QED) is 0.736. The van der Waals surface area contributed by atoms with Crippen molar-refractivity contribution >= 4 is 33.9 Å². The summed E-state index contributed by atoms with van der Waals surface area (Å²) in [6.45, 7) is 4.83. The molecule has 0 saturated heterocycles. The Kier molecular flexibility index (Phi) is 4.09. The summed E-state index contributed by atoms with van der Waals surface area (Å²) in [5, 5.41) is 10.9. The van der Waals surface area contributed by atoms with Crippen molar-refractivity contribution in [3.8, 4) is 10.6 Å². The number of aromatic nitrogens is 2. The molecule has 0 aliphatic heterocycles. The van der Waals surface area contributed by atoms with Crippen molar-refractivity contribution in [2.24, 2.45) is 0 Å². The van der Waals surface area contributed by atoms with Gasteiger partial charge in [-0.05, 0) is 31.5 Å². The molecule has 0 bridgehead atoms. The van der Waals surface area contributed by atoms with E-state index in [2.05, 4.69) is 16.5 Å². The number of hydrogen-bond acceptors (Lipinski definition) is 4. The fourth-order valence-corrected chi connectivity index (χ4v) is 3.59. The Hall–Kier alpha value is -2.34. The summed E-state index contributed by atoms with van der Waals surface area (Å²) in [4.78, 5) is 15.9. The van der Waals surface area contributed by atoms with Crippen LogP contribution >= 0.6 is 11.3 Å². The minimum Gasteiger partial charge on any atom is -0.477 e. The van der Waals surface area contributed by atoms with Gasteiger partial charge in [-0.2, -0.15) is 0 Å². The number of carbonyl (C=O) groups is 1. The van der Waals surface area contributed by atoms with Crippen molar-refractivity contribution in [2.75, 3.05) is 5.73 Å². The summed E-state index contributed by atoms with van der Waals surface area (Å²) >= 11 is 1.20. The van der Waals surface area contributed by atoms with E-state index in [1.54, 1.807) is 6.92 Å². The van der Waals surface area contributed by atoms with Gasteiger partial charge in [0.05, 0.1) is 16.9 Å². The summed E-state index contributed by atoms with van der Waals surface area (Å²) < 4.78 is 2.17. The fourth-order valence-electron chi connectivity index (χ4n) is 2.69. The lowest BCUT2D eigenvalue weighted by Gasteiger charge is -2.04. The molecular weight excluding hydrogens is 310 g/mol. The van der Waals surface area contributed by atoms with Crippen molar-refractivity contribution in [3.63, 3.8) is 0 Å². The zero-order valence-electron chi connectivity index (χ0n) is 13.2. The van der Waals surface area contributed by atoms with Crippen LogP contribution in [-0.4, -0.2) is 20.6 Å². The van der Waals surface area contributed by atoms with Gasteiger partial charge in [0.1, 0.15) is 9.88 Å². The molecule has 0 spiro atoms. The van der Waals surface area contributed by atoms with Crippen LogP contribution in [0.1, 0.15) is 35.1 Å². The lowest BCUT2D eigenvalue weighted by atomic mass is 10.1. The summed E-state index contributed by atoms with van der Waals surface area (Å²) in [6, 6.07) is 6.01. The Morgan fingerprint density at radius 3 is 2.87 bits per heavy atom. The molecule has 0 fully saturated rings. The Bertz CT molecular complexity index is 879. The summed E-state index contributed by atoms with van der Waals surface area (Å²) in [6.07, 6.45) is 4.21. The van der Waals surface area contributed by atoms with Crippen LogP contribution in [0.2, 0.25) is 0 Å². The molecule has 23 heavy (non-hydrogen) atoms. The molecule has 0 amide bonds. The van der Waals surface area contributed by atoms with Gasteiger partial charge in [0, 0.05) is 23.7 Å². The zero-order chi connectivity index (χ0) is 16.6. The Labute approximate surface area is 138 Å². The molecule has 120 valence electrons. The summed E-state index contributed by atoms with van der Waals surface area (Å²) in [5.74, 6) is -0.933. The SMILES string of the molecule is CCCCn1cc(N)c2cc(-c3nc(C)c(C(=O)O)s3)ccc21. The predicted molar refractivity (Wildman–Crippen MR) is 94.1 cm³/mol. The minimum absolute atomic E-state index is 0.286. The van der Waals surface area contributed by atoms with E-state index in [-0.39, 0.29) is 4.88 Å². The second kappa shape index (κ2) is 6.04. The topological polar surface area (TPSA) is 81.1 Å². The molecule has 0 radical (unpaired) electrons. The lowest BCUT2D eigenvalue weighted by molar-refractivity contribution is 0.0701. The third-order valence-corrected chi connectivity index (χ3v) is 5.10. The van der Waals surface area contributed by atoms with E-state index in [4.69, 9.17) is 5.73 Å². The number of unbranched alkanes of at least 4 members (excludes halogenated alkanes) is 1. The molecule has 6 heteroatoms. The van der Waals surface area contributed by atoms with Gasteiger partial charge in [-0.15, -0.1) is 11.3 Å². The number of carboxylic acids is 1. The van der Waals surface area contributed by atoms with Crippen molar-refractivity contribution in [2.45, 2.75) is 33.2 Å². The van der Waals surface area contributed by atoms with E-state index in [9.17, 15) is 9.90 Å². The first-order valence-corrected chi connectivity index (χ1v) is 8.42. The van der Waals surface area contributed by atoms with Gasteiger partial charge in [0.2, 0.25) is 0 Å². The second-order valence-electron chi connectivity index (χ2n) is 5.60. The molecule has 0 unspecified atom stereocenters. The van der Waals surface area contributed by atoms with Crippen LogP contribution in [0.4, 0.5) is 5.69 Å².